The Hall–Kier alpha value is -0.860. The fourth-order valence-electron chi connectivity index (χ4n) is 1.94. The lowest BCUT2D eigenvalue weighted by Gasteiger charge is -2.29. The molecule has 66 valence electrons. The highest BCUT2D eigenvalue weighted by Gasteiger charge is 2.30. The molecule has 0 amide bonds. The zero-order valence-corrected chi connectivity index (χ0v) is 7.96. The number of aromatic nitrogens is 3. The predicted octanol–water partition coefficient (Wildman–Crippen LogP) is 1.66. The van der Waals surface area contributed by atoms with Gasteiger partial charge in [0, 0.05) is 12.0 Å². The highest BCUT2D eigenvalue weighted by atomic mass is 15.3. The summed E-state index contributed by atoms with van der Waals surface area (Å²) < 4.78 is 2.24. The summed E-state index contributed by atoms with van der Waals surface area (Å²) in [5, 5.41) is 8.33. The van der Waals surface area contributed by atoms with Crippen LogP contribution in [0, 0.1) is 6.92 Å². The van der Waals surface area contributed by atoms with Gasteiger partial charge in [0.1, 0.15) is 11.6 Å². The molecule has 0 bridgehead atoms. The fraction of sp³-hybridized carbons (Fsp3) is 0.778. The molecular formula is C9H15N3. The van der Waals surface area contributed by atoms with E-state index in [1.165, 1.54) is 12.8 Å². The van der Waals surface area contributed by atoms with Crippen LogP contribution >= 0.6 is 0 Å². The van der Waals surface area contributed by atoms with E-state index in [9.17, 15) is 0 Å². The van der Waals surface area contributed by atoms with E-state index in [0.717, 1.165) is 18.2 Å². The summed E-state index contributed by atoms with van der Waals surface area (Å²) in [6.07, 6.45) is 2.48. The molecule has 12 heavy (non-hydrogen) atoms. The number of rotatable bonds is 0. The van der Waals surface area contributed by atoms with Gasteiger partial charge in [-0.1, -0.05) is 13.8 Å². The van der Waals surface area contributed by atoms with Gasteiger partial charge in [0.25, 0.3) is 0 Å². The Bertz CT molecular complexity index is 299. The third-order valence-electron chi connectivity index (χ3n) is 2.72. The van der Waals surface area contributed by atoms with Crippen molar-refractivity contribution in [2.75, 3.05) is 0 Å². The van der Waals surface area contributed by atoms with Crippen LogP contribution in [-0.2, 0) is 12.0 Å². The van der Waals surface area contributed by atoms with Gasteiger partial charge in [-0.2, -0.15) is 0 Å². The quantitative estimate of drug-likeness (QED) is 0.585. The van der Waals surface area contributed by atoms with Gasteiger partial charge in [0.05, 0.1) is 0 Å². The van der Waals surface area contributed by atoms with Gasteiger partial charge in [-0.3, -0.25) is 0 Å². The second-order valence-corrected chi connectivity index (χ2v) is 4.21. The maximum Gasteiger partial charge on any atom is 0.138 e. The number of hydrogen-bond donors (Lipinski definition) is 0. The zero-order chi connectivity index (χ0) is 8.77. The first kappa shape index (κ1) is 7.77. The van der Waals surface area contributed by atoms with Crippen molar-refractivity contribution in [1.82, 2.24) is 14.8 Å². The van der Waals surface area contributed by atoms with Crippen molar-refractivity contribution in [3.05, 3.63) is 11.6 Å². The van der Waals surface area contributed by atoms with Crippen LogP contribution in [0.15, 0.2) is 0 Å². The van der Waals surface area contributed by atoms with E-state index in [0.29, 0.717) is 0 Å². The topological polar surface area (TPSA) is 30.7 Å². The minimum absolute atomic E-state index is 0.222. The largest absolute Gasteiger partial charge is 0.315 e. The molecule has 1 aromatic rings. The molecule has 0 N–H and O–H groups in total. The van der Waals surface area contributed by atoms with E-state index in [-0.39, 0.29) is 5.41 Å². The molecule has 0 aliphatic carbocycles. The lowest BCUT2D eigenvalue weighted by molar-refractivity contribution is 0.349. The molecule has 1 aliphatic rings. The molecule has 0 fully saturated rings. The Labute approximate surface area is 72.8 Å². The van der Waals surface area contributed by atoms with E-state index in [1.54, 1.807) is 0 Å². The average molecular weight is 165 g/mol. The van der Waals surface area contributed by atoms with Gasteiger partial charge in [-0.15, -0.1) is 10.2 Å². The average Bonchev–Trinajstić information content (AvgIpc) is 2.33. The van der Waals surface area contributed by atoms with Crippen LogP contribution in [-0.4, -0.2) is 14.8 Å². The third kappa shape index (κ3) is 0.958. The van der Waals surface area contributed by atoms with Crippen molar-refractivity contribution in [3.63, 3.8) is 0 Å². The number of hydrogen-bond acceptors (Lipinski definition) is 2. The first-order valence-corrected chi connectivity index (χ1v) is 4.51. The van der Waals surface area contributed by atoms with Crippen LogP contribution in [0.2, 0.25) is 0 Å². The number of aryl methyl sites for hydroxylation is 1. The van der Waals surface area contributed by atoms with Crippen molar-refractivity contribution in [2.24, 2.45) is 0 Å². The third-order valence-corrected chi connectivity index (χ3v) is 2.72. The lowest BCUT2D eigenvalue weighted by Crippen LogP contribution is -2.28. The maximum absolute atomic E-state index is 4.22. The van der Waals surface area contributed by atoms with Crippen molar-refractivity contribution in [3.8, 4) is 0 Å². The van der Waals surface area contributed by atoms with Crippen molar-refractivity contribution in [2.45, 2.75) is 45.6 Å². The molecule has 0 aromatic carbocycles. The Kier molecular flexibility index (Phi) is 1.50. The highest BCUT2D eigenvalue weighted by molar-refractivity contribution is 5.09. The van der Waals surface area contributed by atoms with E-state index in [2.05, 4.69) is 28.6 Å². The molecule has 0 saturated carbocycles. The molecule has 0 spiro atoms. The van der Waals surface area contributed by atoms with Gasteiger partial charge in [0.2, 0.25) is 0 Å². The van der Waals surface area contributed by atoms with Crippen molar-refractivity contribution < 1.29 is 0 Å². The van der Waals surface area contributed by atoms with Crippen LogP contribution in [0.4, 0.5) is 0 Å². The summed E-state index contributed by atoms with van der Waals surface area (Å²) in [5.74, 6) is 2.21. The molecule has 0 atom stereocenters. The molecule has 1 aliphatic heterocycles. The van der Waals surface area contributed by atoms with Crippen LogP contribution in [0.3, 0.4) is 0 Å². The summed E-state index contributed by atoms with van der Waals surface area (Å²) in [6, 6.07) is 0. The summed E-state index contributed by atoms with van der Waals surface area (Å²) >= 11 is 0. The number of fused-ring (bicyclic) bond motifs is 1. The Morgan fingerprint density at radius 1 is 1.33 bits per heavy atom. The Balaban J connectivity index is 2.53. The fourth-order valence-corrected chi connectivity index (χ4v) is 1.94. The minimum Gasteiger partial charge on any atom is -0.315 e. The smallest absolute Gasteiger partial charge is 0.138 e. The first-order chi connectivity index (χ1) is 5.61. The molecule has 2 rings (SSSR count). The molecule has 1 aromatic heterocycles. The van der Waals surface area contributed by atoms with E-state index < -0.39 is 0 Å². The second kappa shape index (κ2) is 2.31. The summed E-state index contributed by atoms with van der Waals surface area (Å²) in [5.41, 5.74) is 0.222. The van der Waals surface area contributed by atoms with Crippen LogP contribution in [0.5, 0.6) is 0 Å². The summed E-state index contributed by atoms with van der Waals surface area (Å²) in [7, 11) is 0. The number of nitrogens with zero attached hydrogens (tertiary/aromatic N) is 3. The summed E-state index contributed by atoms with van der Waals surface area (Å²) in [4.78, 5) is 0. The molecular weight excluding hydrogens is 150 g/mol. The molecule has 0 unspecified atom stereocenters. The lowest BCUT2D eigenvalue weighted by atomic mass is 9.84. The van der Waals surface area contributed by atoms with Crippen molar-refractivity contribution >= 4 is 0 Å². The normalized spacial score (nSPS) is 20.6. The predicted molar refractivity (Wildman–Crippen MR) is 47.0 cm³/mol. The van der Waals surface area contributed by atoms with E-state index in [1.807, 2.05) is 6.92 Å². The first-order valence-electron chi connectivity index (χ1n) is 4.51. The van der Waals surface area contributed by atoms with Gasteiger partial charge in [-0.05, 0) is 19.8 Å². The standard InChI is InChI=1S/C9H15N3/c1-7-10-11-8-9(2,3)5-4-6-12(7)8/h4-6H2,1-3H3. The summed E-state index contributed by atoms with van der Waals surface area (Å²) in [6.45, 7) is 7.60. The van der Waals surface area contributed by atoms with Gasteiger partial charge in [0.15, 0.2) is 0 Å². The monoisotopic (exact) mass is 165 g/mol. The molecule has 3 heteroatoms. The molecule has 3 nitrogen and oxygen atoms in total. The van der Waals surface area contributed by atoms with Crippen molar-refractivity contribution in [1.29, 1.82) is 0 Å². The molecule has 2 heterocycles. The van der Waals surface area contributed by atoms with E-state index >= 15 is 0 Å². The van der Waals surface area contributed by atoms with Crippen LogP contribution < -0.4 is 0 Å². The zero-order valence-electron chi connectivity index (χ0n) is 7.96. The van der Waals surface area contributed by atoms with Crippen LogP contribution in [0.1, 0.15) is 38.3 Å². The second-order valence-electron chi connectivity index (χ2n) is 4.21. The Morgan fingerprint density at radius 3 is 2.75 bits per heavy atom. The SMILES string of the molecule is Cc1nnc2n1CCCC2(C)C. The van der Waals surface area contributed by atoms with Gasteiger partial charge >= 0.3 is 0 Å². The molecule has 0 radical (unpaired) electrons. The molecule has 0 saturated heterocycles. The van der Waals surface area contributed by atoms with E-state index in [4.69, 9.17) is 0 Å². The van der Waals surface area contributed by atoms with Gasteiger partial charge < -0.3 is 4.57 Å². The van der Waals surface area contributed by atoms with Crippen LogP contribution in [0.25, 0.3) is 0 Å². The highest BCUT2D eigenvalue weighted by Crippen LogP contribution is 2.31. The minimum atomic E-state index is 0.222. The van der Waals surface area contributed by atoms with Gasteiger partial charge in [-0.25, -0.2) is 0 Å². The Morgan fingerprint density at radius 2 is 2.08 bits per heavy atom. The maximum atomic E-state index is 4.22.